The molecule has 0 aromatic heterocycles. The van der Waals surface area contributed by atoms with Crippen LogP contribution in [0.15, 0.2) is 23.1 Å². The number of sulfonamides is 1. The molecule has 1 aromatic rings. The van der Waals surface area contributed by atoms with E-state index in [9.17, 15) is 13.2 Å². The molecule has 0 radical (unpaired) electrons. The molecule has 0 bridgehead atoms. The van der Waals surface area contributed by atoms with E-state index >= 15 is 0 Å². The Bertz CT molecular complexity index is 587. The molecule has 0 saturated carbocycles. The lowest BCUT2D eigenvalue weighted by Gasteiger charge is -2.11. The molecule has 0 amide bonds. The van der Waals surface area contributed by atoms with Gasteiger partial charge in [-0.05, 0) is 18.2 Å². The SMILES string of the molecule is COCCOCCNc1ccc(S(N)(=O)=O)cc1C(=O)O. The number of benzene rings is 1. The van der Waals surface area contributed by atoms with Crippen molar-refractivity contribution in [3.63, 3.8) is 0 Å². The van der Waals surface area contributed by atoms with Crippen molar-refractivity contribution in [2.75, 3.05) is 38.8 Å². The smallest absolute Gasteiger partial charge is 0.337 e. The maximum absolute atomic E-state index is 11.2. The van der Waals surface area contributed by atoms with E-state index in [0.717, 1.165) is 6.07 Å². The largest absolute Gasteiger partial charge is 0.478 e. The molecule has 0 saturated heterocycles. The number of rotatable bonds is 9. The Morgan fingerprint density at radius 2 is 2.05 bits per heavy atom. The zero-order chi connectivity index (χ0) is 15.9. The summed E-state index contributed by atoms with van der Waals surface area (Å²) in [6, 6.07) is 3.63. The van der Waals surface area contributed by atoms with Gasteiger partial charge in [-0.2, -0.15) is 0 Å². The number of methoxy groups -OCH3 is 1. The molecule has 4 N–H and O–H groups in total. The van der Waals surface area contributed by atoms with Gasteiger partial charge in [-0.15, -0.1) is 0 Å². The number of aromatic carboxylic acids is 1. The van der Waals surface area contributed by atoms with E-state index in [4.69, 9.17) is 19.7 Å². The number of carboxylic acids is 1. The monoisotopic (exact) mass is 318 g/mol. The van der Waals surface area contributed by atoms with Crippen LogP contribution >= 0.6 is 0 Å². The topological polar surface area (TPSA) is 128 Å². The molecule has 0 aliphatic heterocycles. The summed E-state index contributed by atoms with van der Waals surface area (Å²) in [6.07, 6.45) is 0. The van der Waals surface area contributed by atoms with Gasteiger partial charge < -0.3 is 19.9 Å². The van der Waals surface area contributed by atoms with Gasteiger partial charge >= 0.3 is 5.97 Å². The number of anilines is 1. The van der Waals surface area contributed by atoms with E-state index in [1.54, 1.807) is 7.11 Å². The van der Waals surface area contributed by atoms with Crippen molar-refractivity contribution >= 4 is 21.7 Å². The molecule has 1 rings (SSSR count). The quantitative estimate of drug-likeness (QED) is 0.551. The molecule has 0 aliphatic rings. The van der Waals surface area contributed by atoms with Crippen molar-refractivity contribution in [3.05, 3.63) is 23.8 Å². The maximum Gasteiger partial charge on any atom is 0.337 e. The molecular weight excluding hydrogens is 300 g/mol. The second-order valence-corrected chi connectivity index (χ2v) is 5.65. The highest BCUT2D eigenvalue weighted by Crippen LogP contribution is 2.19. The standard InChI is InChI=1S/C12H18N2O6S/c1-19-6-7-20-5-4-14-11-3-2-9(21(13,17)18)8-10(11)12(15)16/h2-3,8,14H,4-7H2,1H3,(H,15,16)(H2,13,17,18). The van der Waals surface area contributed by atoms with Crippen LogP contribution in [0.3, 0.4) is 0 Å². The summed E-state index contributed by atoms with van der Waals surface area (Å²) in [4.78, 5) is 10.9. The Balaban J connectivity index is 2.72. The summed E-state index contributed by atoms with van der Waals surface area (Å²) in [7, 11) is -2.38. The fourth-order valence-corrected chi connectivity index (χ4v) is 2.07. The van der Waals surface area contributed by atoms with Crippen LogP contribution in [0.2, 0.25) is 0 Å². The molecule has 1 aromatic carbocycles. The van der Waals surface area contributed by atoms with Crippen molar-refractivity contribution < 1.29 is 27.8 Å². The van der Waals surface area contributed by atoms with Crippen LogP contribution in [0.1, 0.15) is 10.4 Å². The van der Waals surface area contributed by atoms with E-state index in [1.807, 2.05) is 0 Å². The molecular formula is C12H18N2O6S. The van der Waals surface area contributed by atoms with E-state index in [1.165, 1.54) is 12.1 Å². The fraction of sp³-hybridized carbons (Fsp3) is 0.417. The minimum absolute atomic E-state index is 0.168. The van der Waals surface area contributed by atoms with Crippen LogP contribution in [-0.4, -0.2) is 53.0 Å². The van der Waals surface area contributed by atoms with Crippen LogP contribution in [-0.2, 0) is 19.5 Å². The third kappa shape index (κ3) is 5.68. The summed E-state index contributed by atoms with van der Waals surface area (Å²) in [5, 5.41) is 16.9. The molecule has 118 valence electrons. The maximum atomic E-state index is 11.2. The van der Waals surface area contributed by atoms with Gasteiger partial charge in [0.25, 0.3) is 0 Å². The van der Waals surface area contributed by atoms with Crippen molar-refractivity contribution in [2.45, 2.75) is 4.90 Å². The Labute approximate surface area is 122 Å². The van der Waals surface area contributed by atoms with E-state index in [-0.39, 0.29) is 10.5 Å². The predicted molar refractivity (Wildman–Crippen MR) is 76.0 cm³/mol. The summed E-state index contributed by atoms with van der Waals surface area (Å²) in [6.45, 7) is 1.65. The van der Waals surface area contributed by atoms with Crippen LogP contribution in [0.25, 0.3) is 0 Å². The molecule has 21 heavy (non-hydrogen) atoms. The van der Waals surface area contributed by atoms with Gasteiger partial charge in [0.1, 0.15) is 0 Å². The number of hydrogen-bond acceptors (Lipinski definition) is 6. The molecule has 0 atom stereocenters. The minimum Gasteiger partial charge on any atom is -0.478 e. The van der Waals surface area contributed by atoms with Gasteiger partial charge in [0.2, 0.25) is 10.0 Å². The first kappa shape index (κ1) is 17.4. The highest BCUT2D eigenvalue weighted by atomic mass is 32.2. The normalized spacial score (nSPS) is 11.3. The zero-order valence-electron chi connectivity index (χ0n) is 11.5. The van der Waals surface area contributed by atoms with Gasteiger partial charge in [-0.3, -0.25) is 0 Å². The third-order valence-electron chi connectivity index (χ3n) is 2.54. The number of ether oxygens (including phenoxy) is 2. The Morgan fingerprint density at radius 1 is 1.33 bits per heavy atom. The number of nitrogens with one attached hydrogen (secondary N) is 1. The highest BCUT2D eigenvalue weighted by Gasteiger charge is 2.15. The van der Waals surface area contributed by atoms with Crippen molar-refractivity contribution in [1.29, 1.82) is 0 Å². The Kier molecular flexibility index (Phi) is 6.56. The summed E-state index contributed by atoms with van der Waals surface area (Å²) in [5.41, 5.74) is 0.128. The van der Waals surface area contributed by atoms with Crippen LogP contribution < -0.4 is 10.5 Å². The van der Waals surface area contributed by atoms with Crippen LogP contribution in [0, 0.1) is 0 Å². The minimum atomic E-state index is -3.94. The number of nitrogens with two attached hydrogens (primary N) is 1. The predicted octanol–water partition coefficient (Wildman–Crippen LogP) is 0.107. The fourth-order valence-electron chi connectivity index (χ4n) is 1.53. The van der Waals surface area contributed by atoms with E-state index in [2.05, 4.69) is 5.32 Å². The average Bonchev–Trinajstić information content (AvgIpc) is 2.41. The number of carbonyl (C=O) groups is 1. The number of hydrogen-bond donors (Lipinski definition) is 3. The summed E-state index contributed by atoms with van der Waals surface area (Å²) >= 11 is 0. The lowest BCUT2D eigenvalue weighted by atomic mass is 10.2. The molecule has 9 heteroatoms. The first-order valence-electron chi connectivity index (χ1n) is 6.07. The van der Waals surface area contributed by atoms with Gasteiger partial charge in [0.05, 0.1) is 30.3 Å². The zero-order valence-corrected chi connectivity index (χ0v) is 12.4. The first-order chi connectivity index (χ1) is 9.86. The third-order valence-corrected chi connectivity index (χ3v) is 3.45. The van der Waals surface area contributed by atoms with Gasteiger partial charge in [0.15, 0.2) is 0 Å². The molecule has 0 fully saturated rings. The van der Waals surface area contributed by atoms with Crippen LogP contribution in [0.5, 0.6) is 0 Å². The lowest BCUT2D eigenvalue weighted by Crippen LogP contribution is -2.16. The molecule has 0 unspecified atom stereocenters. The van der Waals surface area contributed by atoms with E-state index in [0.29, 0.717) is 32.1 Å². The molecule has 0 heterocycles. The first-order valence-corrected chi connectivity index (χ1v) is 7.61. The van der Waals surface area contributed by atoms with Crippen molar-refractivity contribution in [2.24, 2.45) is 5.14 Å². The summed E-state index contributed by atoms with van der Waals surface area (Å²) in [5.74, 6) is -1.25. The second-order valence-electron chi connectivity index (χ2n) is 4.09. The highest BCUT2D eigenvalue weighted by molar-refractivity contribution is 7.89. The average molecular weight is 318 g/mol. The number of carboxylic acid groups (broad SMARTS) is 1. The second kappa shape index (κ2) is 7.93. The molecule has 0 aliphatic carbocycles. The Morgan fingerprint density at radius 3 is 2.62 bits per heavy atom. The van der Waals surface area contributed by atoms with Gasteiger partial charge in [0, 0.05) is 19.3 Å². The van der Waals surface area contributed by atoms with Crippen molar-refractivity contribution in [1.82, 2.24) is 0 Å². The summed E-state index contributed by atoms with van der Waals surface area (Å²) < 4.78 is 32.5. The lowest BCUT2D eigenvalue weighted by molar-refractivity contribution is 0.0696. The van der Waals surface area contributed by atoms with Crippen LogP contribution in [0.4, 0.5) is 5.69 Å². The Hall–Kier alpha value is -1.68. The molecule has 0 spiro atoms. The number of primary sulfonamides is 1. The van der Waals surface area contributed by atoms with Gasteiger partial charge in [-0.25, -0.2) is 18.4 Å². The van der Waals surface area contributed by atoms with Gasteiger partial charge in [-0.1, -0.05) is 0 Å². The van der Waals surface area contributed by atoms with Crippen molar-refractivity contribution in [3.8, 4) is 0 Å². The van der Waals surface area contributed by atoms with E-state index < -0.39 is 16.0 Å². The molecule has 8 nitrogen and oxygen atoms in total.